The minimum atomic E-state index is -0.545. The molecule has 3 rings (SSSR count). The highest BCUT2D eigenvalue weighted by atomic mass is 35.5. The van der Waals surface area contributed by atoms with Crippen LogP contribution in [0.25, 0.3) is 11.0 Å². The standard InChI is InChI=1S/C20H20Cl2FN3O/c1-11(2)24-20(27)12(3)26-18-10-15(22)14(21)9-17(18)25-19(26)8-13-6-4-5-7-16(13)23/h4-7,9-12H,8H2,1-3H3,(H,24,27). The molecule has 0 aliphatic carbocycles. The molecule has 0 aliphatic rings. The first-order valence-corrected chi connectivity index (χ1v) is 9.43. The van der Waals surface area contributed by atoms with E-state index in [1.807, 2.05) is 13.8 Å². The number of nitrogens with zero attached hydrogens (tertiary/aromatic N) is 2. The molecule has 1 heterocycles. The summed E-state index contributed by atoms with van der Waals surface area (Å²) in [6.07, 6.45) is 0.246. The molecule has 2 aromatic carbocycles. The lowest BCUT2D eigenvalue weighted by Crippen LogP contribution is -2.36. The molecule has 0 saturated heterocycles. The number of amides is 1. The summed E-state index contributed by atoms with van der Waals surface area (Å²) in [5, 5.41) is 3.66. The maximum absolute atomic E-state index is 14.2. The van der Waals surface area contributed by atoms with Crippen LogP contribution in [0.1, 0.15) is 38.2 Å². The second-order valence-electron chi connectivity index (χ2n) is 6.76. The van der Waals surface area contributed by atoms with Crippen molar-refractivity contribution in [3.8, 4) is 0 Å². The van der Waals surface area contributed by atoms with Gasteiger partial charge in [0.15, 0.2) is 0 Å². The fourth-order valence-corrected chi connectivity index (χ4v) is 3.35. The van der Waals surface area contributed by atoms with Crippen LogP contribution in [0.5, 0.6) is 0 Å². The minimum absolute atomic E-state index is 0.00258. The SMILES string of the molecule is CC(C)NC(=O)C(C)n1c(Cc2ccccc2F)nc2cc(Cl)c(Cl)cc21. The molecule has 1 atom stereocenters. The van der Waals surface area contributed by atoms with Gasteiger partial charge in [-0.25, -0.2) is 9.37 Å². The van der Waals surface area contributed by atoms with E-state index in [4.69, 9.17) is 23.2 Å². The van der Waals surface area contributed by atoms with E-state index >= 15 is 0 Å². The topological polar surface area (TPSA) is 46.9 Å². The van der Waals surface area contributed by atoms with Gasteiger partial charge in [0.25, 0.3) is 0 Å². The summed E-state index contributed by atoms with van der Waals surface area (Å²) in [5.74, 6) is 0.108. The van der Waals surface area contributed by atoms with Gasteiger partial charge in [-0.3, -0.25) is 4.79 Å². The molecule has 27 heavy (non-hydrogen) atoms. The van der Waals surface area contributed by atoms with Crippen LogP contribution in [-0.2, 0) is 11.2 Å². The number of carbonyl (C=O) groups is 1. The van der Waals surface area contributed by atoms with Gasteiger partial charge in [0.2, 0.25) is 5.91 Å². The summed E-state index contributed by atoms with van der Waals surface area (Å²) in [5.41, 5.74) is 1.80. The number of benzene rings is 2. The van der Waals surface area contributed by atoms with Crippen LogP contribution in [0.15, 0.2) is 36.4 Å². The third-order valence-corrected chi connectivity index (χ3v) is 5.03. The molecule has 0 aliphatic heterocycles. The summed E-state index contributed by atoms with van der Waals surface area (Å²) in [7, 11) is 0. The Morgan fingerprint density at radius 2 is 1.85 bits per heavy atom. The molecule has 3 aromatic rings. The van der Waals surface area contributed by atoms with E-state index in [1.165, 1.54) is 6.07 Å². The molecule has 0 saturated carbocycles. The summed E-state index contributed by atoms with van der Waals surface area (Å²) < 4.78 is 16.0. The number of nitrogens with one attached hydrogen (secondary N) is 1. The third-order valence-electron chi connectivity index (χ3n) is 4.31. The third kappa shape index (κ3) is 4.09. The molecule has 0 fully saturated rings. The van der Waals surface area contributed by atoms with Crippen molar-refractivity contribution in [2.24, 2.45) is 0 Å². The average Bonchev–Trinajstić information content (AvgIpc) is 2.93. The predicted molar refractivity (Wildman–Crippen MR) is 107 cm³/mol. The molecule has 7 heteroatoms. The summed E-state index contributed by atoms with van der Waals surface area (Å²) >= 11 is 12.3. The van der Waals surface area contributed by atoms with E-state index in [0.717, 1.165) is 0 Å². The van der Waals surface area contributed by atoms with Crippen LogP contribution in [-0.4, -0.2) is 21.5 Å². The number of fused-ring (bicyclic) bond motifs is 1. The maximum Gasteiger partial charge on any atom is 0.243 e. The van der Waals surface area contributed by atoms with Crippen LogP contribution in [0, 0.1) is 5.82 Å². The number of halogens is 3. The zero-order valence-electron chi connectivity index (χ0n) is 15.3. The first-order chi connectivity index (χ1) is 12.8. The number of rotatable bonds is 5. The molecule has 142 valence electrons. The second kappa shape index (κ2) is 7.87. The van der Waals surface area contributed by atoms with E-state index in [1.54, 1.807) is 41.8 Å². The van der Waals surface area contributed by atoms with Crippen LogP contribution in [0.2, 0.25) is 10.0 Å². The summed E-state index contributed by atoms with van der Waals surface area (Å²) in [6.45, 7) is 5.58. The Labute approximate surface area is 167 Å². The van der Waals surface area contributed by atoms with Gasteiger partial charge in [-0.05, 0) is 44.5 Å². The van der Waals surface area contributed by atoms with E-state index in [-0.39, 0.29) is 24.2 Å². The first kappa shape index (κ1) is 19.6. The second-order valence-corrected chi connectivity index (χ2v) is 7.57. The molecule has 0 bridgehead atoms. The van der Waals surface area contributed by atoms with Gasteiger partial charge in [0.05, 0.1) is 21.1 Å². The monoisotopic (exact) mass is 407 g/mol. The Morgan fingerprint density at radius 1 is 1.19 bits per heavy atom. The number of hydrogen-bond donors (Lipinski definition) is 1. The first-order valence-electron chi connectivity index (χ1n) is 8.67. The van der Waals surface area contributed by atoms with Crippen molar-refractivity contribution in [3.63, 3.8) is 0 Å². The van der Waals surface area contributed by atoms with E-state index in [2.05, 4.69) is 10.3 Å². The normalized spacial score (nSPS) is 12.6. The van der Waals surface area contributed by atoms with Gasteiger partial charge in [0, 0.05) is 12.5 Å². The molecule has 0 spiro atoms. The Kier molecular flexibility index (Phi) is 5.72. The Hall–Kier alpha value is -2.11. The van der Waals surface area contributed by atoms with Crippen molar-refractivity contribution in [2.45, 2.75) is 39.3 Å². The molecule has 4 nitrogen and oxygen atoms in total. The Morgan fingerprint density at radius 3 is 2.52 bits per heavy atom. The minimum Gasteiger partial charge on any atom is -0.352 e. The number of aromatic nitrogens is 2. The summed E-state index contributed by atoms with van der Waals surface area (Å²) in [4.78, 5) is 17.2. The smallest absolute Gasteiger partial charge is 0.243 e. The lowest BCUT2D eigenvalue weighted by atomic mass is 10.1. The van der Waals surface area contributed by atoms with Crippen LogP contribution in [0.4, 0.5) is 4.39 Å². The van der Waals surface area contributed by atoms with E-state index in [0.29, 0.717) is 32.5 Å². The fourth-order valence-electron chi connectivity index (χ4n) is 3.03. The van der Waals surface area contributed by atoms with Gasteiger partial charge in [-0.1, -0.05) is 41.4 Å². The lowest BCUT2D eigenvalue weighted by Gasteiger charge is -2.19. The van der Waals surface area contributed by atoms with Gasteiger partial charge in [-0.15, -0.1) is 0 Å². The molecule has 0 radical (unpaired) electrons. The molecule has 1 amide bonds. The van der Waals surface area contributed by atoms with Crippen molar-refractivity contribution in [1.82, 2.24) is 14.9 Å². The number of carbonyl (C=O) groups excluding carboxylic acids is 1. The fraction of sp³-hybridized carbons (Fsp3) is 0.300. The molecular formula is C20H20Cl2FN3O. The number of hydrogen-bond acceptors (Lipinski definition) is 2. The average molecular weight is 408 g/mol. The lowest BCUT2D eigenvalue weighted by molar-refractivity contribution is -0.124. The van der Waals surface area contributed by atoms with Crippen molar-refractivity contribution in [3.05, 3.63) is 63.6 Å². The van der Waals surface area contributed by atoms with Crippen molar-refractivity contribution >= 4 is 40.1 Å². The molecule has 1 unspecified atom stereocenters. The quantitative estimate of drug-likeness (QED) is 0.634. The van der Waals surface area contributed by atoms with Crippen molar-refractivity contribution in [1.29, 1.82) is 0 Å². The van der Waals surface area contributed by atoms with Crippen LogP contribution >= 0.6 is 23.2 Å². The molecule has 1 aromatic heterocycles. The van der Waals surface area contributed by atoms with Gasteiger partial charge >= 0.3 is 0 Å². The van der Waals surface area contributed by atoms with Gasteiger partial charge in [0.1, 0.15) is 17.7 Å². The van der Waals surface area contributed by atoms with Crippen LogP contribution in [0.3, 0.4) is 0 Å². The molecule has 1 N–H and O–H groups in total. The zero-order valence-corrected chi connectivity index (χ0v) is 16.8. The Bertz CT molecular complexity index is 1000. The van der Waals surface area contributed by atoms with E-state index < -0.39 is 6.04 Å². The number of imidazole rings is 1. The zero-order chi connectivity index (χ0) is 19.7. The highest BCUT2D eigenvalue weighted by Gasteiger charge is 2.23. The maximum atomic E-state index is 14.2. The van der Waals surface area contributed by atoms with Crippen molar-refractivity contribution in [2.75, 3.05) is 0 Å². The predicted octanol–water partition coefficient (Wildman–Crippen LogP) is 5.16. The van der Waals surface area contributed by atoms with Gasteiger partial charge in [-0.2, -0.15) is 0 Å². The Balaban J connectivity index is 2.14. The highest BCUT2D eigenvalue weighted by molar-refractivity contribution is 6.42. The van der Waals surface area contributed by atoms with Crippen molar-refractivity contribution < 1.29 is 9.18 Å². The highest BCUT2D eigenvalue weighted by Crippen LogP contribution is 2.31. The van der Waals surface area contributed by atoms with E-state index in [9.17, 15) is 9.18 Å². The molecular weight excluding hydrogens is 388 g/mol. The van der Waals surface area contributed by atoms with Crippen LogP contribution < -0.4 is 5.32 Å². The summed E-state index contributed by atoms with van der Waals surface area (Å²) in [6, 6.07) is 9.33. The van der Waals surface area contributed by atoms with Gasteiger partial charge < -0.3 is 9.88 Å². The largest absolute Gasteiger partial charge is 0.352 e.